The van der Waals surface area contributed by atoms with Gasteiger partial charge in [0, 0.05) is 19.9 Å². The predicted molar refractivity (Wildman–Crippen MR) is 49.3 cm³/mol. The van der Waals surface area contributed by atoms with Crippen molar-refractivity contribution in [2.75, 3.05) is 6.54 Å². The molecule has 0 bridgehead atoms. The highest BCUT2D eigenvalue weighted by atomic mass is 32.1. The Balaban J connectivity index is 2.44. The van der Waals surface area contributed by atoms with Gasteiger partial charge in [-0.1, -0.05) is 12.2 Å². The summed E-state index contributed by atoms with van der Waals surface area (Å²) in [6.07, 6.45) is 1.99. The van der Waals surface area contributed by atoms with Crippen LogP contribution in [0, 0.1) is 6.92 Å². The third-order valence-corrected chi connectivity index (χ3v) is 2.22. The molecule has 0 amide bonds. The molecule has 2 rings (SSSR count). The molecule has 1 aromatic rings. The van der Waals surface area contributed by atoms with Crippen LogP contribution < -0.4 is 5.32 Å². The molecule has 0 radical (unpaired) electrons. The van der Waals surface area contributed by atoms with E-state index in [2.05, 4.69) is 10.3 Å². The van der Waals surface area contributed by atoms with E-state index in [-0.39, 0.29) is 0 Å². The number of nitrogens with zero attached hydrogens (tertiary/aromatic N) is 1. The molecule has 3 nitrogen and oxygen atoms in total. The van der Waals surface area contributed by atoms with Crippen LogP contribution >= 0.6 is 12.2 Å². The zero-order valence-electron chi connectivity index (χ0n) is 6.89. The molecular formula is C8H10N2OS. The Hall–Kier alpha value is -0.900. The van der Waals surface area contributed by atoms with Crippen molar-refractivity contribution in [3.05, 3.63) is 17.3 Å². The van der Waals surface area contributed by atoms with Crippen LogP contribution in [0.15, 0.2) is 4.42 Å². The zero-order valence-corrected chi connectivity index (χ0v) is 7.70. The number of aromatic nitrogens is 1. The highest BCUT2D eigenvalue weighted by Gasteiger charge is 2.17. The number of rotatable bonds is 0. The van der Waals surface area contributed by atoms with Crippen molar-refractivity contribution in [3.8, 4) is 0 Å². The quantitative estimate of drug-likeness (QED) is 0.612. The molecule has 1 N–H and O–H groups in total. The fourth-order valence-corrected chi connectivity index (χ4v) is 1.61. The van der Waals surface area contributed by atoms with Crippen molar-refractivity contribution >= 4 is 17.2 Å². The van der Waals surface area contributed by atoms with Crippen LogP contribution in [0.3, 0.4) is 0 Å². The zero-order chi connectivity index (χ0) is 8.55. The summed E-state index contributed by atoms with van der Waals surface area (Å²) in [5.41, 5.74) is 0.833. The molecule has 0 atom stereocenters. The second kappa shape index (κ2) is 2.86. The first-order valence-electron chi connectivity index (χ1n) is 4.02. The Morgan fingerprint density at radius 3 is 3.25 bits per heavy atom. The van der Waals surface area contributed by atoms with Crippen molar-refractivity contribution in [2.45, 2.75) is 19.8 Å². The number of oxazole rings is 1. The molecule has 12 heavy (non-hydrogen) atoms. The molecule has 4 heteroatoms. The summed E-state index contributed by atoms with van der Waals surface area (Å²) >= 11 is 5.13. The summed E-state index contributed by atoms with van der Waals surface area (Å²) in [5, 5.41) is 3.12. The SMILES string of the molecule is Cc1nc2c(o1)CCCNC2=S. The maximum Gasteiger partial charge on any atom is 0.191 e. The standard InChI is InChI=1S/C8H10N2OS/c1-5-10-7-6(11-5)3-2-4-9-8(7)12/h2-4H2,1H3,(H,9,12). The molecule has 64 valence electrons. The Morgan fingerprint density at radius 2 is 2.42 bits per heavy atom. The third kappa shape index (κ3) is 1.22. The van der Waals surface area contributed by atoms with E-state index < -0.39 is 0 Å². The van der Waals surface area contributed by atoms with Gasteiger partial charge in [-0.3, -0.25) is 0 Å². The molecule has 0 spiro atoms. The Kier molecular flexibility index (Phi) is 1.84. The van der Waals surface area contributed by atoms with Gasteiger partial charge in [-0.15, -0.1) is 0 Å². The lowest BCUT2D eigenvalue weighted by Crippen LogP contribution is -2.21. The first-order valence-corrected chi connectivity index (χ1v) is 4.42. The van der Waals surface area contributed by atoms with Crippen molar-refractivity contribution in [3.63, 3.8) is 0 Å². The van der Waals surface area contributed by atoms with Gasteiger partial charge in [0.1, 0.15) is 16.4 Å². The van der Waals surface area contributed by atoms with Gasteiger partial charge in [0.25, 0.3) is 0 Å². The van der Waals surface area contributed by atoms with Crippen LogP contribution in [-0.4, -0.2) is 16.5 Å². The molecule has 1 aliphatic heterocycles. The molecular weight excluding hydrogens is 172 g/mol. The van der Waals surface area contributed by atoms with E-state index in [9.17, 15) is 0 Å². The maximum atomic E-state index is 5.42. The summed E-state index contributed by atoms with van der Waals surface area (Å²) in [4.78, 5) is 4.94. The number of fused-ring (bicyclic) bond motifs is 1. The molecule has 0 saturated heterocycles. The van der Waals surface area contributed by atoms with Crippen molar-refractivity contribution < 1.29 is 4.42 Å². The van der Waals surface area contributed by atoms with Gasteiger partial charge in [0.05, 0.1) is 0 Å². The van der Waals surface area contributed by atoms with E-state index in [4.69, 9.17) is 16.6 Å². The van der Waals surface area contributed by atoms with Gasteiger partial charge in [-0.25, -0.2) is 4.98 Å². The van der Waals surface area contributed by atoms with E-state index in [0.717, 1.165) is 35.8 Å². The molecule has 0 aliphatic carbocycles. The summed E-state index contributed by atoms with van der Waals surface area (Å²) < 4.78 is 5.42. The molecule has 0 aromatic carbocycles. The number of thiocarbonyl (C=S) groups is 1. The van der Waals surface area contributed by atoms with Gasteiger partial charge in [0.2, 0.25) is 0 Å². The van der Waals surface area contributed by atoms with Crippen LogP contribution in [0.2, 0.25) is 0 Å². The van der Waals surface area contributed by atoms with Gasteiger partial charge in [-0.2, -0.15) is 0 Å². The highest BCUT2D eigenvalue weighted by molar-refractivity contribution is 7.80. The van der Waals surface area contributed by atoms with Crippen molar-refractivity contribution in [2.24, 2.45) is 0 Å². The molecule has 1 aromatic heterocycles. The smallest absolute Gasteiger partial charge is 0.191 e. The first kappa shape index (κ1) is 7.73. The number of aryl methyl sites for hydroxylation is 2. The van der Waals surface area contributed by atoms with Crippen LogP contribution in [0.25, 0.3) is 0 Å². The lowest BCUT2D eigenvalue weighted by atomic mass is 10.2. The average Bonchev–Trinajstić information content (AvgIpc) is 2.33. The molecule has 0 fully saturated rings. The molecule has 0 saturated carbocycles. The van der Waals surface area contributed by atoms with Gasteiger partial charge in [-0.05, 0) is 6.42 Å². The normalized spacial score (nSPS) is 16.6. The number of hydrogen-bond acceptors (Lipinski definition) is 3. The first-order chi connectivity index (χ1) is 5.77. The largest absolute Gasteiger partial charge is 0.445 e. The van der Waals surface area contributed by atoms with Crippen LogP contribution in [0.4, 0.5) is 0 Å². The molecule has 0 unspecified atom stereocenters. The fourth-order valence-electron chi connectivity index (χ4n) is 1.35. The van der Waals surface area contributed by atoms with E-state index in [0.29, 0.717) is 5.89 Å². The minimum atomic E-state index is 0.700. The van der Waals surface area contributed by atoms with Crippen molar-refractivity contribution in [1.29, 1.82) is 0 Å². The second-order valence-electron chi connectivity index (χ2n) is 2.86. The van der Waals surface area contributed by atoms with Crippen LogP contribution in [0.5, 0.6) is 0 Å². The number of nitrogens with one attached hydrogen (secondary N) is 1. The Labute approximate surface area is 76.2 Å². The monoisotopic (exact) mass is 182 g/mol. The van der Waals surface area contributed by atoms with Crippen LogP contribution in [-0.2, 0) is 6.42 Å². The van der Waals surface area contributed by atoms with Gasteiger partial charge in [0.15, 0.2) is 5.89 Å². The Morgan fingerprint density at radius 1 is 1.58 bits per heavy atom. The van der Waals surface area contributed by atoms with Gasteiger partial charge < -0.3 is 9.73 Å². The third-order valence-electron chi connectivity index (χ3n) is 1.89. The van der Waals surface area contributed by atoms with Gasteiger partial charge >= 0.3 is 0 Å². The highest BCUT2D eigenvalue weighted by Crippen LogP contribution is 2.15. The summed E-state index contributed by atoms with van der Waals surface area (Å²) in [5.74, 6) is 1.63. The summed E-state index contributed by atoms with van der Waals surface area (Å²) in [6.45, 7) is 2.76. The van der Waals surface area contributed by atoms with E-state index >= 15 is 0 Å². The molecule has 2 heterocycles. The average molecular weight is 182 g/mol. The molecule has 1 aliphatic rings. The van der Waals surface area contributed by atoms with E-state index in [1.165, 1.54) is 0 Å². The summed E-state index contributed by atoms with van der Waals surface area (Å²) in [7, 11) is 0. The maximum absolute atomic E-state index is 5.42. The second-order valence-corrected chi connectivity index (χ2v) is 3.27. The lowest BCUT2D eigenvalue weighted by molar-refractivity contribution is 0.470. The van der Waals surface area contributed by atoms with Crippen LogP contribution in [0.1, 0.15) is 23.8 Å². The van der Waals surface area contributed by atoms with Crippen molar-refractivity contribution in [1.82, 2.24) is 10.3 Å². The van der Waals surface area contributed by atoms with E-state index in [1.807, 2.05) is 6.92 Å². The topological polar surface area (TPSA) is 38.1 Å². The Bertz CT molecular complexity index is 319. The van der Waals surface area contributed by atoms with E-state index in [1.54, 1.807) is 0 Å². The minimum Gasteiger partial charge on any atom is -0.445 e. The predicted octanol–water partition coefficient (Wildman–Crippen LogP) is 1.19. The lowest BCUT2D eigenvalue weighted by Gasteiger charge is -1.98. The minimum absolute atomic E-state index is 0.700. The summed E-state index contributed by atoms with van der Waals surface area (Å²) in [6, 6.07) is 0. The number of hydrogen-bond donors (Lipinski definition) is 1. The fraction of sp³-hybridized carbons (Fsp3) is 0.500.